The third-order valence-corrected chi connectivity index (χ3v) is 5.48. The van der Waals surface area contributed by atoms with E-state index in [0.29, 0.717) is 0 Å². The molecule has 2 heterocycles. The number of carbonyl (C=O) groups excluding carboxylic acids is 1. The van der Waals surface area contributed by atoms with Gasteiger partial charge in [0.15, 0.2) is 35.8 Å². The summed E-state index contributed by atoms with van der Waals surface area (Å²) in [6, 6.07) is 7.54. The predicted octanol–water partition coefficient (Wildman–Crippen LogP) is -0.695. The second-order valence-electron chi connectivity index (χ2n) is 7.59. The van der Waals surface area contributed by atoms with Crippen molar-refractivity contribution in [3.05, 3.63) is 47.5 Å². The van der Waals surface area contributed by atoms with Crippen LogP contribution < -0.4 is 4.74 Å². The molecule has 172 valence electrons. The van der Waals surface area contributed by atoms with Gasteiger partial charge in [0, 0.05) is 6.07 Å². The molecule has 7 N–H and O–H groups in total. The van der Waals surface area contributed by atoms with Crippen molar-refractivity contribution in [2.75, 3.05) is 6.61 Å². The maximum Gasteiger partial charge on any atom is 0.199 e. The number of ether oxygens (including phenoxy) is 3. The first-order valence-electron chi connectivity index (χ1n) is 9.73. The standard InChI is InChI=1S/C21H22O11/c22-7-14-16(27)17(28)18(29)21(31-14)32-20-15(26)10-3-2-9(23)6-13(10)30-19(20)8-1-4-11(24)12(25)5-8/h1-6,14,16-25,27-29H,7H2/t14-,16-,17+,18-,19-,20-,21+/m1/s1. The molecule has 0 unspecified atom stereocenters. The summed E-state index contributed by atoms with van der Waals surface area (Å²) in [7, 11) is 0. The lowest BCUT2D eigenvalue weighted by molar-refractivity contribution is -0.311. The van der Waals surface area contributed by atoms with Gasteiger partial charge in [-0.05, 0) is 29.8 Å². The minimum atomic E-state index is -1.75. The maximum atomic E-state index is 13.2. The molecule has 7 atom stereocenters. The second kappa shape index (κ2) is 8.54. The van der Waals surface area contributed by atoms with Crippen molar-refractivity contribution in [3.63, 3.8) is 0 Å². The lowest BCUT2D eigenvalue weighted by Crippen LogP contribution is -2.60. The van der Waals surface area contributed by atoms with E-state index in [1.165, 1.54) is 30.3 Å². The summed E-state index contributed by atoms with van der Waals surface area (Å²) in [5, 5.41) is 68.9. The number of carbonyl (C=O) groups is 1. The first-order chi connectivity index (χ1) is 15.2. The van der Waals surface area contributed by atoms with E-state index in [4.69, 9.17) is 14.2 Å². The third-order valence-electron chi connectivity index (χ3n) is 5.48. The number of aliphatic hydroxyl groups is 4. The van der Waals surface area contributed by atoms with Gasteiger partial charge in [0.25, 0.3) is 0 Å². The molecule has 0 spiro atoms. The largest absolute Gasteiger partial charge is 0.508 e. The van der Waals surface area contributed by atoms with Crippen LogP contribution in [0.25, 0.3) is 0 Å². The van der Waals surface area contributed by atoms with Crippen LogP contribution in [-0.2, 0) is 9.47 Å². The molecule has 0 bridgehead atoms. The Morgan fingerprint density at radius 3 is 2.34 bits per heavy atom. The monoisotopic (exact) mass is 450 g/mol. The van der Waals surface area contributed by atoms with Crippen LogP contribution in [0.4, 0.5) is 0 Å². The van der Waals surface area contributed by atoms with E-state index in [9.17, 15) is 40.5 Å². The Bertz CT molecular complexity index is 1010. The number of aromatic hydroxyl groups is 3. The fourth-order valence-corrected chi connectivity index (χ4v) is 3.72. The molecule has 0 amide bonds. The number of hydrogen-bond donors (Lipinski definition) is 7. The molecule has 11 nitrogen and oxygen atoms in total. The van der Waals surface area contributed by atoms with Crippen LogP contribution in [0.2, 0.25) is 0 Å². The molecule has 0 radical (unpaired) electrons. The van der Waals surface area contributed by atoms with Gasteiger partial charge in [-0.2, -0.15) is 0 Å². The molecule has 32 heavy (non-hydrogen) atoms. The zero-order chi connectivity index (χ0) is 23.2. The van der Waals surface area contributed by atoms with Crippen LogP contribution >= 0.6 is 0 Å². The third kappa shape index (κ3) is 3.86. The zero-order valence-electron chi connectivity index (χ0n) is 16.5. The van der Waals surface area contributed by atoms with Gasteiger partial charge in [0.2, 0.25) is 0 Å². The summed E-state index contributed by atoms with van der Waals surface area (Å²) in [5.74, 6) is -1.61. The number of ketones is 1. The van der Waals surface area contributed by atoms with Gasteiger partial charge < -0.3 is 50.0 Å². The van der Waals surface area contributed by atoms with Gasteiger partial charge in [0.1, 0.15) is 35.9 Å². The Morgan fingerprint density at radius 1 is 0.906 bits per heavy atom. The van der Waals surface area contributed by atoms with Gasteiger partial charge in [-0.3, -0.25) is 4.79 Å². The van der Waals surface area contributed by atoms with E-state index in [-0.39, 0.29) is 22.6 Å². The van der Waals surface area contributed by atoms with Crippen molar-refractivity contribution in [1.29, 1.82) is 0 Å². The van der Waals surface area contributed by atoms with Crippen molar-refractivity contribution >= 4 is 5.78 Å². The number of phenolic OH excluding ortho intramolecular Hbond substituents is 3. The highest BCUT2D eigenvalue weighted by molar-refractivity contribution is 6.03. The summed E-state index contributed by atoms with van der Waals surface area (Å²) < 4.78 is 16.9. The Morgan fingerprint density at radius 2 is 1.66 bits per heavy atom. The number of phenols is 3. The number of hydrogen-bond acceptors (Lipinski definition) is 11. The van der Waals surface area contributed by atoms with Gasteiger partial charge in [0.05, 0.1) is 12.2 Å². The first-order valence-corrected chi connectivity index (χ1v) is 9.73. The molecule has 0 aromatic heterocycles. The Hall–Kier alpha value is -2.93. The van der Waals surface area contributed by atoms with E-state index in [0.717, 1.165) is 6.07 Å². The smallest absolute Gasteiger partial charge is 0.199 e. The molecular weight excluding hydrogens is 428 g/mol. The highest BCUT2D eigenvalue weighted by Gasteiger charge is 2.48. The van der Waals surface area contributed by atoms with Crippen LogP contribution in [0, 0.1) is 0 Å². The Kier molecular flexibility index (Phi) is 5.95. The molecule has 0 aliphatic carbocycles. The molecule has 4 rings (SSSR count). The number of benzene rings is 2. The lowest BCUT2D eigenvalue weighted by atomic mass is 9.92. The quantitative estimate of drug-likeness (QED) is 0.292. The topological polar surface area (TPSA) is 186 Å². The van der Waals surface area contributed by atoms with Gasteiger partial charge >= 0.3 is 0 Å². The average molecular weight is 450 g/mol. The normalized spacial score (nSPS) is 32.2. The Labute approximate surface area is 181 Å². The molecule has 1 fully saturated rings. The lowest BCUT2D eigenvalue weighted by Gasteiger charge is -2.42. The molecular formula is C21H22O11. The Balaban J connectivity index is 1.71. The summed E-state index contributed by atoms with van der Waals surface area (Å²) >= 11 is 0. The van der Waals surface area contributed by atoms with Crippen molar-refractivity contribution in [3.8, 4) is 23.0 Å². The fourth-order valence-electron chi connectivity index (χ4n) is 3.72. The van der Waals surface area contributed by atoms with Crippen LogP contribution in [0.15, 0.2) is 36.4 Å². The second-order valence-corrected chi connectivity index (χ2v) is 7.59. The summed E-state index contributed by atoms with van der Waals surface area (Å²) in [5.41, 5.74) is 0.286. The fraction of sp³-hybridized carbons (Fsp3) is 0.381. The molecule has 2 aliphatic rings. The molecule has 2 aliphatic heterocycles. The summed E-state index contributed by atoms with van der Waals surface area (Å²) in [6.07, 6.45) is -10.6. The van der Waals surface area contributed by atoms with Crippen molar-refractivity contribution in [2.45, 2.75) is 42.9 Å². The zero-order valence-corrected chi connectivity index (χ0v) is 16.5. The van der Waals surface area contributed by atoms with Gasteiger partial charge in [-0.15, -0.1) is 0 Å². The highest BCUT2D eigenvalue weighted by Crippen LogP contribution is 2.41. The molecule has 1 saturated heterocycles. The molecule has 2 aromatic carbocycles. The summed E-state index contributed by atoms with van der Waals surface area (Å²) in [4.78, 5) is 13.2. The summed E-state index contributed by atoms with van der Waals surface area (Å²) in [6.45, 7) is -0.683. The van der Waals surface area contributed by atoms with E-state index in [2.05, 4.69) is 0 Å². The van der Waals surface area contributed by atoms with E-state index in [1.807, 2.05) is 0 Å². The number of fused-ring (bicyclic) bond motifs is 1. The van der Waals surface area contributed by atoms with Crippen molar-refractivity contribution < 1.29 is 54.8 Å². The van der Waals surface area contributed by atoms with Crippen LogP contribution in [-0.4, -0.2) is 84.9 Å². The van der Waals surface area contributed by atoms with E-state index >= 15 is 0 Å². The highest BCUT2D eigenvalue weighted by atomic mass is 16.7. The minimum absolute atomic E-state index is 0.0428. The van der Waals surface area contributed by atoms with E-state index < -0.39 is 66.8 Å². The SMILES string of the molecule is O=C1c2ccc(O)cc2O[C@H](c2ccc(O)c(O)c2)[C@@H]1O[C@@H]1O[C@H](CO)[C@@H](O)[C@H](O)[C@H]1O. The number of Topliss-reactive ketones (excluding diaryl/α,β-unsaturated/α-hetero) is 1. The van der Waals surface area contributed by atoms with Crippen molar-refractivity contribution in [2.24, 2.45) is 0 Å². The maximum absolute atomic E-state index is 13.2. The van der Waals surface area contributed by atoms with Crippen LogP contribution in [0.5, 0.6) is 23.0 Å². The predicted molar refractivity (Wildman–Crippen MR) is 104 cm³/mol. The number of aliphatic hydroxyl groups excluding tert-OH is 4. The van der Waals surface area contributed by atoms with Gasteiger partial charge in [-0.1, -0.05) is 6.07 Å². The van der Waals surface area contributed by atoms with Crippen molar-refractivity contribution in [1.82, 2.24) is 0 Å². The van der Waals surface area contributed by atoms with Gasteiger partial charge in [-0.25, -0.2) is 0 Å². The molecule has 11 heteroatoms. The van der Waals surface area contributed by atoms with Crippen LogP contribution in [0.3, 0.4) is 0 Å². The number of rotatable bonds is 4. The average Bonchev–Trinajstić information content (AvgIpc) is 2.77. The van der Waals surface area contributed by atoms with Crippen LogP contribution in [0.1, 0.15) is 22.0 Å². The van der Waals surface area contributed by atoms with E-state index in [1.54, 1.807) is 0 Å². The minimum Gasteiger partial charge on any atom is -0.508 e. The first kappa shape index (κ1) is 22.3. The molecule has 0 saturated carbocycles. The molecule has 2 aromatic rings.